The topological polar surface area (TPSA) is 63.3 Å². The minimum Gasteiger partial charge on any atom is -0.393 e. The van der Waals surface area contributed by atoms with Crippen LogP contribution in [0.5, 0.6) is 0 Å². The molecule has 0 bridgehead atoms. The average molecular weight is 131 g/mol. The lowest BCUT2D eigenvalue weighted by Gasteiger charge is -2.03. The van der Waals surface area contributed by atoms with Crippen molar-refractivity contribution >= 4 is 5.91 Å². The van der Waals surface area contributed by atoms with Crippen molar-refractivity contribution in [3.63, 3.8) is 0 Å². The zero-order valence-corrected chi connectivity index (χ0v) is 5.63. The molecule has 0 spiro atoms. The molecule has 0 aromatic rings. The van der Waals surface area contributed by atoms with Crippen molar-refractivity contribution in [1.29, 1.82) is 0 Å². The third-order valence-electron chi connectivity index (χ3n) is 1.20. The van der Waals surface area contributed by atoms with E-state index in [0.717, 1.165) is 0 Å². The molecule has 3 heteroatoms. The van der Waals surface area contributed by atoms with Crippen LogP contribution in [0.15, 0.2) is 0 Å². The first-order valence-corrected chi connectivity index (χ1v) is 3.13. The summed E-state index contributed by atoms with van der Waals surface area (Å²) in [4.78, 5) is 10.1. The van der Waals surface area contributed by atoms with Crippen LogP contribution in [0.4, 0.5) is 0 Å². The molecule has 0 saturated heterocycles. The Kier molecular flexibility index (Phi) is 4.05. The van der Waals surface area contributed by atoms with E-state index in [-0.39, 0.29) is 18.4 Å². The standard InChI is InChI=1S/C6H13NO2/c1-2-5(8)3-4-6(7)9/h5,8H,2-4H2,1H3,(H2,7,9)/t5-/m0/s1. The number of amides is 1. The van der Waals surface area contributed by atoms with Crippen LogP contribution in [0.2, 0.25) is 0 Å². The number of hydrogen-bond acceptors (Lipinski definition) is 2. The van der Waals surface area contributed by atoms with E-state index < -0.39 is 0 Å². The van der Waals surface area contributed by atoms with Crippen LogP contribution < -0.4 is 5.73 Å². The lowest BCUT2D eigenvalue weighted by Crippen LogP contribution is -2.14. The molecule has 1 amide bonds. The van der Waals surface area contributed by atoms with Crippen LogP contribution in [0.1, 0.15) is 26.2 Å². The summed E-state index contributed by atoms with van der Waals surface area (Å²) < 4.78 is 0. The van der Waals surface area contributed by atoms with Crippen molar-refractivity contribution in [1.82, 2.24) is 0 Å². The molecule has 0 saturated carbocycles. The highest BCUT2D eigenvalue weighted by Gasteiger charge is 2.01. The number of aliphatic hydroxyl groups is 1. The zero-order valence-electron chi connectivity index (χ0n) is 5.63. The van der Waals surface area contributed by atoms with Gasteiger partial charge in [0.2, 0.25) is 5.91 Å². The van der Waals surface area contributed by atoms with Crippen LogP contribution in [-0.4, -0.2) is 17.1 Å². The molecule has 0 aliphatic carbocycles. The predicted octanol–water partition coefficient (Wildman–Crippen LogP) is 0.0228. The molecule has 0 aliphatic heterocycles. The van der Waals surface area contributed by atoms with E-state index in [9.17, 15) is 4.79 Å². The number of nitrogens with two attached hydrogens (primary N) is 1. The van der Waals surface area contributed by atoms with E-state index in [1.165, 1.54) is 0 Å². The van der Waals surface area contributed by atoms with Crippen molar-refractivity contribution in [2.75, 3.05) is 0 Å². The Bertz CT molecular complexity index is 93.1. The van der Waals surface area contributed by atoms with Crippen molar-refractivity contribution in [3.05, 3.63) is 0 Å². The molecular weight excluding hydrogens is 118 g/mol. The summed E-state index contributed by atoms with van der Waals surface area (Å²) in [6, 6.07) is 0. The summed E-state index contributed by atoms with van der Waals surface area (Å²) in [6.07, 6.45) is 1.10. The Labute approximate surface area is 54.9 Å². The maximum absolute atomic E-state index is 10.1. The molecule has 1 atom stereocenters. The fraction of sp³-hybridized carbons (Fsp3) is 0.833. The van der Waals surface area contributed by atoms with E-state index in [4.69, 9.17) is 10.8 Å². The van der Waals surface area contributed by atoms with Crippen LogP contribution >= 0.6 is 0 Å². The fourth-order valence-corrected chi connectivity index (χ4v) is 0.513. The average Bonchev–Trinajstić information content (AvgIpc) is 1.83. The molecule has 0 heterocycles. The van der Waals surface area contributed by atoms with Crippen LogP contribution in [0.3, 0.4) is 0 Å². The van der Waals surface area contributed by atoms with Gasteiger partial charge in [-0.25, -0.2) is 0 Å². The first-order valence-electron chi connectivity index (χ1n) is 3.13. The van der Waals surface area contributed by atoms with Gasteiger partial charge in [-0.2, -0.15) is 0 Å². The summed E-state index contributed by atoms with van der Waals surface area (Å²) in [5, 5.41) is 8.90. The van der Waals surface area contributed by atoms with Gasteiger partial charge in [0.05, 0.1) is 6.10 Å². The summed E-state index contributed by atoms with van der Waals surface area (Å²) in [5.74, 6) is -0.345. The lowest BCUT2D eigenvalue weighted by atomic mass is 10.1. The van der Waals surface area contributed by atoms with Gasteiger partial charge in [-0.1, -0.05) is 6.92 Å². The molecule has 3 N–H and O–H groups in total. The smallest absolute Gasteiger partial charge is 0.217 e. The van der Waals surface area contributed by atoms with Gasteiger partial charge in [0, 0.05) is 6.42 Å². The molecule has 54 valence electrons. The second kappa shape index (κ2) is 4.32. The molecule has 3 nitrogen and oxygen atoms in total. The van der Waals surface area contributed by atoms with Crippen molar-refractivity contribution in [2.45, 2.75) is 32.3 Å². The first-order chi connectivity index (χ1) is 4.16. The van der Waals surface area contributed by atoms with Crippen molar-refractivity contribution in [2.24, 2.45) is 5.73 Å². The van der Waals surface area contributed by atoms with Crippen LogP contribution in [0.25, 0.3) is 0 Å². The maximum atomic E-state index is 10.1. The Morgan fingerprint density at radius 2 is 2.33 bits per heavy atom. The van der Waals surface area contributed by atoms with Gasteiger partial charge in [0.1, 0.15) is 0 Å². The number of aliphatic hydroxyl groups excluding tert-OH is 1. The number of primary amides is 1. The highest BCUT2D eigenvalue weighted by molar-refractivity contribution is 5.73. The Balaban J connectivity index is 3.16. The molecular formula is C6H13NO2. The van der Waals surface area contributed by atoms with E-state index in [1.807, 2.05) is 6.92 Å². The molecule has 0 aromatic carbocycles. The summed E-state index contributed by atoms with van der Waals surface area (Å²) in [6.45, 7) is 1.87. The lowest BCUT2D eigenvalue weighted by molar-refractivity contribution is -0.118. The monoisotopic (exact) mass is 131 g/mol. The molecule has 0 aromatic heterocycles. The molecule has 0 fully saturated rings. The first kappa shape index (κ1) is 8.43. The highest BCUT2D eigenvalue weighted by Crippen LogP contribution is 1.98. The third kappa shape index (κ3) is 5.30. The normalized spacial score (nSPS) is 13.1. The predicted molar refractivity (Wildman–Crippen MR) is 34.7 cm³/mol. The molecule has 0 radical (unpaired) electrons. The second-order valence-corrected chi connectivity index (χ2v) is 2.07. The molecule has 0 unspecified atom stereocenters. The summed E-state index contributed by atoms with van der Waals surface area (Å²) in [5.41, 5.74) is 4.85. The second-order valence-electron chi connectivity index (χ2n) is 2.07. The van der Waals surface area contributed by atoms with E-state index in [2.05, 4.69) is 0 Å². The molecule has 0 rings (SSSR count). The third-order valence-corrected chi connectivity index (χ3v) is 1.20. The summed E-state index contributed by atoms with van der Waals surface area (Å²) in [7, 11) is 0. The minimum absolute atomic E-state index is 0.287. The largest absolute Gasteiger partial charge is 0.393 e. The Morgan fingerprint density at radius 1 is 1.78 bits per heavy atom. The Morgan fingerprint density at radius 3 is 2.67 bits per heavy atom. The summed E-state index contributed by atoms with van der Waals surface area (Å²) >= 11 is 0. The number of carbonyl (C=O) groups is 1. The van der Waals surface area contributed by atoms with Gasteiger partial charge in [-0.3, -0.25) is 4.79 Å². The van der Waals surface area contributed by atoms with E-state index in [0.29, 0.717) is 12.8 Å². The van der Waals surface area contributed by atoms with Gasteiger partial charge < -0.3 is 10.8 Å². The number of carbonyl (C=O) groups excluding carboxylic acids is 1. The van der Waals surface area contributed by atoms with Gasteiger partial charge in [0.25, 0.3) is 0 Å². The fourth-order valence-electron chi connectivity index (χ4n) is 0.513. The Hall–Kier alpha value is -0.570. The molecule has 9 heavy (non-hydrogen) atoms. The molecule has 0 aliphatic rings. The van der Waals surface area contributed by atoms with Crippen molar-refractivity contribution in [3.8, 4) is 0 Å². The quantitative estimate of drug-likeness (QED) is 0.565. The number of hydrogen-bond donors (Lipinski definition) is 2. The van der Waals surface area contributed by atoms with Gasteiger partial charge >= 0.3 is 0 Å². The zero-order chi connectivity index (χ0) is 7.28. The van der Waals surface area contributed by atoms with Crippen LogP contribution in [-0.2, 0) is 4.79 Å². The highest BCUT2D eigenvalue weighted by atomic mass is 16.3. The van der Waals surface area contributed by atoms with Crippen LogP contribution in [0, 0.1) is 0 Å². The number of rotatable bonds is 4. The van der Waals surface area contributed by atoms with E-state index in [1.54, 1.807) is 0 Å². The van der Waals surface area contributed by atoms with Gasteiger partial charge in [0.15, 0.2) is 0 Å². The maximum Gasteiger partial charge on any atom is 0.217 e. The van der Waals surface area contributed by atoms with Crippen molar-refractivity contribution < 1.29 is 9.90 Å². The minimum atomic E-state index is -0.363. The van der Waals surface area contributed by atoms with Gasteiger partial charge in [-0.05, 0) is 12.8 Å². The van der Waals surface area contributed by atoms with E-state index >= 15 is 0 Å². The SMILES string of the molecule is CC[C@H](O)CCC(N)=O. The van der Waals surface area contributed by atoms with Gasteiger partial charge in [-0.15, -0.1) is 0 Å².